The van der Waals surface area contributed by atoms with Gasteiger partial charge in [-0.05, 0) is 39.1 Å². The molecule has 2 aliphatic heterocycles. The third-order valence-electron chi connectivity index (χ3n) is 3.39. The van der Waals surface area contributed by atoms with E-state index in [0.717, 1.165) is 17.8 Å². The number of thioether (sulfide) groups is 1. The van der Waals surface area contributed by atoms with Crippen LogP contribution in [0.15, 0.2) is 20.1 Å². The smallest absolute Gasteiger partial charge is 0.322 e. The van der Waals surface area contributed by atoms with Gasteiger partial charge in [-0.2, -0.15) is 0 Å². The number of nitrogens with zero attached hydrogens (tertiary/aromatic N) is 1. The highest BCUT2D eigenvalue weighted by atomic mass is 32.3. The first-order chi connectivity index (χ1) is 10.4. The summed E-state index contributed by atoms with van der Waals surface area (Å²) < 4.78 is 50.4. The molecule has 0 aliphatic carbocycles. The molecular weight excluding hydrogens is 364 g/mol. The Kier molecular flexibility index (Phi) is 4.72. The highest BCUT2D eigenvalue weighted by Gasteiger charge is 2.51. The molecule has 0 bridgehead atoms. The molecule has 23 heavy (non-hydrogen) atoms. The Bertz CT molecular complexity index is 810. The van der Waals surface area contributed by atoms with Crippen LogP contribution in [0.1, 0.15) is 13.3 Å². The summed E-state index contributed by atoms with van der Waals surface area (Å²) in [6.45, 7) is 2.32. The first kappa shape index (κ1) is 18.5. The largest absolute Gasteiger partial charge is 0.463 e. The van der Waals surface area contributed by atoms with Crippen molar-refractivity contribution in [2.24, 2.45) is 5.14 Å². The summed E-state index contributed by atoms with van der Waals surface area (Å²) in [5.74, 6) is -0.528. The minimum atomic E-state index is -4.34. The fourth-order valence-electron chi connectivity index (χ4n) is 2.21. The molecule has 0 saturated heterocycles. The Morgan fingerprint density at radius 2 is 2.09 bits per heavy atom. The number of likely N-dealkylation sites (N-methyl/N-ethyl adjacent to an activating group) is 1. The van der Waals surface area contributed by atoms with Gasteiger partial charge in [0.1, 0.15) is 15.6 Å². The molecule has 2 aliphatic rings. The molecular formula is C12H18N2O6S3. The zero-order valence-electron chi connectivity index (χ0n) is 12.9. The topological polar surface area (TPSA) is 124 Å². The maximum Gasteiger partial charge on any atom is 0.322 e. The van der Waals surface area contributed by atoms with Gasteiger partial charge in [0.2, 0.25) is 19.9 Å². The normalized spacial score (nSPS) is 26.4. The summed E-state index contributed by atoms with van der Waals surface area (Å²) in [4.78, 5) is 14.1. The predicted molar refractivity (Wildman–Crippen MR) is 87.3 cm³/mol. The van der Waals surface area contributed by atoms with Crippen molar-refractivity contribution in [1.82, 2.24) is 4.90 Å². The average Bonchev–Trinajstić information content (AvgIpc) is 2.83. The Morgan fingerprint density at radius 1 is 1.48 bits per heavy atom. The van der Waals surface area contributed by atoms with Crippen molar-refractivity contribution in [3.05, 3.63) is 20.1 Å². The van der Waals surface area contributed by atoms with E-state index in [2.05, 4.69) is 0 Å². The molecule has 11 heteroatoms. The van der Waals surface area contributed by atoms with E-state index >= 15 is 0 Å². The van der Waals surface area contributed by atoms with E-state index in [1.165, 1.54) is 0 Å². The van der Waals surface area contributed by atoms with Gasteiger partial charge in [0.25, 0.3) is 0 Å². The molecule has 0 aromatic carbocycles. The molecule has 0 aromatic heterocycles. The van der Waals surface area contributed by atoms with Crippen LogP contribution in [-0.4, -0.2) is 59.7 Å². The highest BCUT2D eigenvalue weighted by Crippen LogP contribution is 2.54. The van der Waals surface area contributed by atoms with Gasteiger partial charge in [-0.25, -0.2) is 22.0 Å². The van der Waals surface area contributed by atoms with E-state index in [0.29, 0.717) is 6.54 Å². The number of hydrogen-bond donors (Lipinski definition) is 1. The van der Waals surface area contributed by atoms with Crippen LogP contribution in [0, 0.1) is 0 Å². The molecule has 0 aromatic rings. The van der Waals surface area contributed by atoms with E-state index < -0.39 is 34.8 Å². The Labute approximate surface area is 139 Å². The molecule has 0 fully saturated rings. The fraction of sp³-hybridized carbons (Fsp3) is 0.583. The number of ether oxygens (including phenoxy) is 1. The van der Waals surface area contributed by atoms with Crippen molar-refractivity contribution >= 4 is 37.6 Å². The summed E-state index contributed by atoms with van der Waals surface area (Å²) >= 11 is 0.809. The number of primary sulfonamides is 1. The van der Waals surface area contributed by atoms with E-state index in [-0.39, 0.29) is 22.8 Å². The third-order valence-corrected chi connectivity index (χ3v) is 8.94. The maximum absolute atomic E-state index is 12.3. The number of nitrogens with two attached hydrogens (primary N) is 1. The first-order valence-electron chi connectivity index (χ1n) is 6.62. The SMILES string of the molecule is CN(C)CCOC(=O)C1(C)CC2=C(S1)S(=O)(=O)C(S(N)(=O)=O)=C2. The van der Waals surface area contributed by atoms with Gasteiger partial charge in [0, 0.05) is 6.54 Å². The zero-order valence-corrected chi connectivity index (χ0v) is 15.3. The lowest BCUT2D eigenvalue weighted by Gasteiger charge is -2.22. The van der Waals surface area contributed by atoms with Crippen LogP contribution in [0.2, 0.25) is 0 Å². The molecule has 2 N–H and O–H groups in total. The minimum absolute atomic E-state index is 0.0754. The molecule has 0 amide bonds. The van der Waals surface area contributed by atoms with Crippen LogP contribution < -0.4 is 5.14 Å². The summed E-state index contributed by atoms with van der Waals surface area (Å²) in [5, 5.41) is 4.93. The molecule has 2 rings (SSSR count). The van der Waals surface area contributed by atoms with Crippen molar-refractivity contribution in [2.45, 2.75) is 18.1 Å². The standard InChI is InChI=1S/C12H18N2O6S3/c1-12(11(15)20-5-4-14(2)3)7-8-6-9(23(13,18)19)22(16,17)10(8)21-12/h6H,4-5,7H2,1-3H3,(H2,13,18,19). The monoisotopic (exact) mass is 382 g/mol. The van der Waals surface area contributed by atoms with Gasteiger partial charge < -0.3 is 9.64 Å². The van der Waals surface area contributed by atoms with Crippen molar-refractivity contribution in [3.8, 4) is 0 Å². The number of carbonyl (C=O) groups excluding carboxylic acids is 1. The van der Waals surface area contributed by atoms with Gasteiger partial charge in [-0.15, -0.1) is 0 Å². The quantitative estimate of drug-likeness (QED) is 0.646. The predicted octanol–water partition coefficient (Wildman–Crippen LogP) is -0.243. The van der Waals surface area contributed by atoms with Crippen LogP contribution in [0.3, 0.4) is 0 Å². The molecule has 1 atom stereocenters. The van der Waals surface area contributed by atoms with E-state index in [1.54, 1.807) is 6.92 Å². The molecule has 1 unspecified atom stereocenters. The van der Waals surface area contributed by atoms with Crippen LogP contribution in [0.25, 0.3) is 0 Å². The van der Waals surface area contributed by atoms with Gasteiger partial charge >= 0.3 is 5.97 Å². The molecule has 8 nitrogen and oxygen atoms in total. The van der Waals surface area contributed by atoms with Crippen LogP contribution in [0.4, 0.5) is 0 Å². The second-order valence-electron chi connectivity index (χ2n) is 5.77. The van der Waals surface area contributed by atoms with Gasteiger partial charge in [0.15, 0.2) is 4.24 Å². The summed E-state index contributed by atoms with van der Waals surface area (Å²) in [5.41, 5.74) is 0.283. The lowest BCUT2D eigenvalue weighted by molar-refractivity contribution is -0.146. The van der Waals surface area contributed by atoms with Crippen LogP contribution >= 0.6 is 11.8 Å². The average molecular weight is 382 g/mol. The molecule has 0 spiro atoms. The number of hydrogen-bond acceptors (Lipinski definition) is 8. The second-order valence-corrected chi connectivity index (χ2v) is 11.2. The Hall–Kier alpha value is -0.880. The van der Waals surface area contributed by atoms with E-state index in [1.807, 2.05) is 19.0 Å². The first-order valence-corrected chi connectivity index (χ1v) is 10.5. The van der Waals surface area contributed by atoms with Crippen LogP contribution in [-0.2, 0) is 29.4 Å². The van der Waals surface area contributed by atoms with Gasteiger partial charge in [0.05, 0.1) is 0 Å². The number of sulfone groups is 1. The Morgan fingerprint density at radius 3 is 2.57 bits per heavy atom. The van der Waals surface area contributed by atoms with Crippen molar-refractivity contribution in [3.63, 3.8) is 0 Å². The zero-order chi connectivity index (χ0) is 17.6. The fourth-order valence-corrected chi connectivity index (χ4v) is 7.41. The Balaban J connectivity index is 2.18. The number of rotatable bonds is 5. The summed E-state index contributed by atoms with van der Waals surface area (Å²) in [6, 6.07) is 0. The summed E-state index contributed by atoms with van der Waals surface area (Å²) in [7, 11) is -4.85. The lowest BCUT2D eigenvalue weighted by atomic mass is 10.0. The minimum Gasteiger partial charge on any atom is -0.463 e. The lowest BCUT2D eigenvalue weighted by Crippen LogP contribution is -2.34. The van der Waals surface area contributed by atoms with Crippen molar-refractivity contribution in [1.29, 1.82) is 0 Å². The number of carbonyl (C=O) groups is 1. The maximum atomic E-state index is 12.3. The number of esters is 1. The molecule has 0 saturated carbocycles. The molecule has 2 heterocycles. The van der Waals surface area contributed by atoms with E-state index in [4.69, 9.17) is 9.88 Å². The van der Waals surface area contributed by atoms with Crippen molar-refractivity contribution < 1.29 is 26.4 Å². The summed E-state index contributed by atoms with van der Waals surface area (Å²) in [6.07, 6.45) is 1.11. The highest BCUT2D eigenvalue weighted by molar-refractivity contribution is 8.26. The molecule has 130 valence electrons. The van der Waals surface area contributed by atoms with Gasteiger partial charge in [-0.1, -0.05) is 11.8 Å². The van der Waals surface area contributed by atoms with Gasteiger partial charge in [-0.3, -0.25) is 4.79 Å². The third kappa shape index (κ3) is 3.48. The van der Waals surface area contributed by atoms with Crippen LogP contribution in [0.5, 0.6) is 0 Å². The van der Waals surface area contributed by atoms with Crippen molar-refractivity contribution in [2.75, 3.05) is 27.2 Å². The second kappa shape index (κ2) is 5.88. The number of sulfonamides is 1. The van der Waals surface area contributed by atoms with E-state index in [9.17, 15) is 21.6 Å². The number of allylic oxidation sites excluding steroid dienone is 2. The molecule has 0 radical (unpaired) electrons.